The summed E-state index contributed by atoms with van der Waals surface area (Å²) in [7, 11) is 0. The number of benzene rings is 1. The summed E-state index contributed by atoms with van der Waals surface area (Å²) in [5.41, 5.74) is 2.39. The molecule has 0 bridgehead atoms. The smallest absolute Gasteiger partial charge is 0.122 e. The second-order valence-corrected chi connectivity index (χ2v) is 6.25. The molecule has 0 aliphatic heterocycles. The summed E-state index contributed by atoms with van der Waals surface area (Å²) < 4.78 is 5.81. The van der Waals surface area contributed by atoms with Crippen molar-refractivity contribution >= 4 is 0 Å². The number of aliphatic hydroxyl groups excluding tert-OH is 2. The molecule has 0 aromatic heterocycles. The van der Waals surface area contributed by atoms with Gasteiger partial charge in [-0.25, -0.2) is 0 Å². The minimum absolute atomic E-state index is 0.201. The van der Waals surface area contributed by atoms with Crippen LogP contribution in [0.4, 0.5) is 0 Å². The number of aliphatic hydroxyl groups is 2. The van der Waals surface area contributed by atoms with Gasteiger partial charge in [-0.05, 0) is 48.8 Å². The molecule has 0 saturated carbocycles. The van der Waals surface area contributed by atoms with Gasteiger partial charge in [0.1, 0.15) is 5.75 Å². The molecule has 120 valence electrons. The van der Waals surface area contributed by atoms with Crippen molar-refractivity contribution in [1.82, 2.24) is 0 Å². The third kappa shape index (κ3) is 5.33. The zero-order chi connectivity index (χ0) is 16.0. The fourth-order valence-corrected chi connectivity index (χ4v) is 2.36. The molecule has 1 aromatic carbocycles. The normalized spacial score (nSPS) is 15.8. The Labute approximate surface area is 129 Å². The maximum Gasteiger partial charge on any atom is 0.122 e. The number of ether oxygens (including phenoxy) is 1. The van der Waals surface area contributed by atoms with Crippen molar-refractivity contribution in [3.63, 3.8) is 0 Å². The second kappa shape index (κ2) is 8.40. The largest absolute Gasteiger partial charge is 0.493 e. The number of hydrogen-bond acceptors (Lipinski definition) is 3. The average Bonchev–Trinajstić information content (AvgIpc) is 2.44. The van der Waals surface area contributed by atoms with Crippen molar-refractivity contribution < 1.29 is 14.9 Å². The predicted octanol–water partition coefficient (Wildman–Crippen LogP) is 3.83. The van der Waals surface area contributed by atoms with E-state index in [2.05, 4.69) is 39.8 Å². The van der Waals surface area contributed by atoms with E-state index in [4.69, 9.17) is 4.74 Å². The van der Waals surface area contributed by atoms with Crippen molar-refractivity contribution in [3.8, 4) is 5.75 Å². The van der Waals surface area contributed by atoms with Crippen LogP contribution in [0.2, 0.25) is 0 Å². The van der Waals surface area contributed by atoms with Crippen molar-refractivity contribution in [2.45, 2.75) is 71.5 Å². The Morgan fingerprint density at radius 1 is 1.10 bits per heavy atom. The van der Waals surface area contributed by atoms with E-state index >= 15 is 0 Å². The molecule has 0 heterocycles. The zero-order valence-electron chi connectivity index (χ0n) is 14.0. The van der Waals surface area contributed by atoms with Gasteiger partial charge in [-0.15, -0.1) is 0 Å². The standard InChI is InChI=1S/C18H30O3/c1-6-9-21-18-8-7-15(11-16(18)12(2)3)13(4)10-17(20)14(5)19/h7-8,11-14,17,19-20H,6,9-10H2,1-5H3. The summed E-state index contributed by atoms with van der Waals surface area (Å²) >= 11 is 0. The van der Waals surface area contributed by atoms with Crippen LogP contribution in [0.1, 0.15) is 70.4 Å². The summed E-state index contributed by atoms with van der Waals surface area (Å²) in [6.07, 6.45) is 0.184. The molecular formula is C18H30O3. The van der Waals surface area contributed by atoms with Gasteiger partial charge in [-0.3, -0.25) is 0 Å². The third-order valence-electron chi connectivity index (χ3n) is 3.84. The molecule has 3 nitrogen and oxygen atoms in total. The first kappa shape index (κ1) is 18.0. The summed E-state index contributed by atoms with van der Waals surface area (Å²) in [6.45, 7) is 10.9. The lowest BCUT2D eigenvalue weighted by molar-refractivity contribution is 0.0227. The summed E-state index contributed by atoms with van der Waals surface area (Å²) in [6, 6.07) is 6.27. The quantitative estimate of drug-likeness (QED) is 0.766. The van der Waals surface area contributed by atoms with Gasteiger partial charge in [0.2, 0.25) is 0 Å². The molecule has 21 heavy (non-hydrogen) atoms. The highest BCUT2D eigenvalue weighted by molar-refractivity contribution is 5.40. The maximum absolute atomic E-state index is 9.83. The monoisotopic (exact) mass is 294 g/mol. The molecule has 0 aliphatic carbocycles. The lowest BCUT2D eigenvalue weighted by atomic mass is 9.90. The SMILES string of the molecule is CCCOc1ccc(C(C)CC(O)C(C)O)cc1C(C)C. The maximum atomic E-state index is 9.83. The summed E-state index contributed by atoms with van der Waals surface area (Å²) in [5, 5.41) is 19.3. The van der Waals surface area contributed by atoms with Gasteiger partial charge in [0.15, 0.2) is 0 Å². The Bertz CT molecular complexity index is 426. The summed E-state index contributed by atoms with van der Waals surface area (Å²) in [4.78, 5) is 0. The fourth-order valence-electron chi connectivity index (χ4n) is 2.36. The van der Waals surface area contributed by atoms with Crippen LogP contribution in [-0.4, -0.2) is 29.0 Å². The van der Waals surface area contributed by atoms with E-state index in [1.54, 1.807) is 6.92 Å². The molecule has 3 unspecified atom stereocenters. The number of rotatable bonds is 8. The minimum Gasteiger partial charge on any atom is -0.493 e. The molecule has 1 rings (SSSR count). The van der Waals surface area contributed by atoms with E-state index < -0.39 is 12.2 Å². The van der Waals surface area contributed by atoms with Gasteiger partial charge in [-0.2, -0.15) is 0 Å². The molecular weight excluding hydrogens is 264 g/mol. The molecule has 1 aromatic rings. The molecule has 0 radical (unpaired) electrons. The topological polar surface area (TPSA) is 49.7 Å². The van der Waals surface area contributed by atoms with Crippen LogP contribution in [-0.2, 0) is 0 Å². The first-order valence-electron chi connectivity index (χ1n) is 7.99. The van der Waals surface area contributed by atoms with Gasteiger partial charge in [-0.1, -0.05) is 39.8 Å². The van der Waals surface area contributed by atoms with E-state index in [-0.39, 0.29) is 5.92 Å². The molecule has 0 spiro atoms. The van der Waals surface area contributed by atoms with E-state index in [0.717, 1.165) is 18.8 Å². The summed E-state index contributed by atoms with van der Waals surface area (Å²) in [5.74, 6) is 1.55. The highest BCUT2D eigenvalue weighted by atomic mass is 16.5. The Balaban J connectivity index is 2.91. The lowest BCUT2D eigenvalue weighted by Crippen LogP contribution is -2.24. The highest BCUT2D eigenvalue weighted by Gasteiger charge is 2.18. The van der Waals surface area contributed by atoms with Gasteiger partial charge < -0.3 is 14.9 Å². The van der Waals surface area contributed by atoms with Crippen LogP contribution in [0.25, 0.3) is 0 Å². The molecule has 0 saturated heterocycles. The van der Waals surface area contributed by atoms with E-state index in [0.29, 0.717) is 12.3 Å². The lowest BCUT2D eigenvalue weighted by Gasteiger charge is -2.21. The first-order valence-corrected chi connectivity index (χ1v) is 7.99. The van der Waals surface area contributed by atoms with Crippen LogP contribution in [0.3, 0.4) is 0 Å². The van der Waals surface area contributed by atoms with E-state index in [9.17, 15) is 10.2 Å². The minimum atomic E-state index is -0.691. The van der Waals surface area contributed by atoms with Gasteiger partial charge >= 0.3 is 0 Å². The van der Waals surface area contributed by atoms with E-state index in [1.807, 2.05) is 6.07 Å². The van der Waals surface area contributed by atoms with Gasteiger partial charge in [0.05, 0.1) is 18.8 Å². The molecule has 3 heteroatoms. The molecule has 0 fully saturated rings. The van der Waals surface area contributed by atoms with Crippen LogP contribution < -0.4 is 4.74 Å². The van der Waals surface area contributed by atoms with Crippen LogP contribution >= 0.6 is 0 Å². The Morgan fingerprint density at radius 2 is 1.76 bits per heavy atom. The van der Waals surface area contributed by atoms with Crippen LogP contribution in [0.5, 0.6) is 5.75 Å². The van der Waals surface area contributed by atoms with Crippen molar-refractivity contribution in [1.29, 1.82) is 0 Å². The predicted molar refractivity (Wildman–Crippen MR) is 87.0 cm³/mol. The Morgan fingerprint density at radius 3 is 2.29 bits per heavy atom. The third-order valence-corrected chi connectivity index (χ3v) is 3.84. The molecule has 0 aliphatic rings. The Hall–Kier alpha value is -1.06. The second-order valence-electron chi connectivity index (χ2n) is 6.25. The zero-order valence-corrected chi connectivity index (χ0v) is 14.0. The van der Waals surface area contributed by atoms with E-state index in [1.165, 1.54) is 11.1 Å². The van der Waals surface area contributed by atoms with Crippen LogP contribution in [0, 0.1) is 0 Å². The Kier molecular flexibility index (Phi) is 7.20. The highest BCUT2D eigenvalue weighted by Crippen LogP contribution is 2.31. The molecule has 0 amide bonds. The van der Waals surface area contributed by atoms with Crippen LogP contribution in [0.15, 0.2) is 18.2 Å². The van der Waals surface area contributed by atoms with Crippen molar-refractivity contribution in [2.24, 2.45) is 0 Å². The molecule has 2 N–H and O–H groups in total. The average molecular weight is 294 g/mol. The van der Waals surface area contributed by atoms with Gasteiger partial charge in [0, 0.05) is 0 Å². The first-order chi connectivity index (χ1) is 9.86. The van der Waals surface area contributed by atoms with Crippen molar-refractivity contribution in [2.75, 3.05) is 6.61 Å². The molecule has 3 atom stereocenters. The van der Waals surface area contributed by atoms with Crippen molar-refractivity contribution in [3.05, 3.63) is 29.3 Å². The fraction of sp³-hybridized carbons (Fsp3) is 0.667. The number of hydrogen-bond donors (Lipinski definition) is 2. The van der Waals surface area contributed by atoms with Gasteiger partial charge in [0.25, 0.3) is 0 Å².